The zero-order valence-corrected chi connectivity index (χ0v) is 30.3. The van der Waals surface area contributed by atoms with E-state index in [0.29, 0.717) is 41.3 Å². The number of hydrogen-bond acceptors (Lipinski definition) is 9. The summed E-state index contributed by atoms with van der Waals surface area (Å²) < 4.78 is 23.5. The van der Waals surface area contributed by atoms with E-state index in [4.69, 9.17) is 38.2 Å². The highest BCUT2D eigenvalue weighted by Gasteiger charge is 2.23. The van der Waals surface area contributed by atoms with Crippen molar-refractivity contribution in [2.45, 2.75) is 44.4 Å². The van der Waals surface area contributed by atoms with Gasteiger partial charge in [0, 0.05) is 92.7 Å². The SMILES string of the molecule is CNC(=O)NCC1CCN(Cc2cc(Cc3cnc(N4CCN(CCC(C)S(C)(=O)=O)CC4)nc3)nc(-c3cc(Cl)cc(Cl)c3)c2)CC1. The molecule has 2 amide bonds. The van der Waals surface area contributed by atoms with Crippen molar-refractivity contribution in [1.29, 1.82) is 0 Å². The number of aromatic nitrogens is 3. The maximum absolute atomic E-state index is 11.8. The molecule has 2 aliphatic rings. The monoisotopic (exact) mass is 716 g/mol. The molecular weight excluding hydrogens is 671 g/mol. The summed E-state index contributed by atoms with van der Waals surface area (Å²) in [5.74, 6) is 1.17. The van der Waals surface area contributed by atoms with Crippen LogP contribution in [0.2, 0.25) is 10.0 Å². The molecule has 0 radical (unpaired) electrons. The zero-order chi connectivity index (χ0) is 34.3. The molecule has 0 bridgehead atoms. The van der Waals surface area contributed by atoms with Crippen LogP contribution in [0.1, 0.15) is 43.0 Å². The molecule has 0 saturated carbocycles. The number of anilines is 1. The van der Waals surface area contributed by atoms with Crippen LogP contribution in [0.5, 0.6) is 0 Å². The van der Waals surface area contributed by atoms with Gasteiger partial charge in [0.2, 0.25) is 5.95 Å². The van der Waals surface area contributed by atoms with Crippen molar-refractivity contribution in [3.63, 3.8) is 0 Å². The van der Waals surface area contributed by atoms with Crippen molar-refractivity contribution in [2.75, 3.05) is 70.6 Å². The molecule has 2 aliphatic heterocycles. The van der Waals surface area contributed by atoms with Gasteiger partial charge >= 0.3 is 6.03 Å². The Morgan fingerprint density at radius 1 is 0.938 bits per heavy atom. The lowest BCUT2D eigenvalue weighted by Gasteiger charge is -2.35. The lowest BCUT2D eigenvalue weighted by atomic mass is 9.96. The van der Waals surface area contributed by atoms with E-state index in [1.54, 1.807) is 20.0 Å². The minimum atomic E-state index is -3.01. The van der Waals surface area contributed by atoms with E-state index >= 15 is 0 Å². The van der Waals surface area contributed by atoms with E-state index in [-0.39, 0.29) is 11.3 Å². The Hall–Kier alpha value is -3.03. The number of pyridine rings is 1. The number of carbonyl (C=O) groups is 1. The molecule has 2 N–H and O–H groups in total. The fourth-order valence-electron chi connectivity index (χ4n) is 6.18. The lowest BCUT2D eigenvalue weighted by molar-refractivity contribution is 0.175. The first kappa shape index (κ1) is 36.3. The Bertz CT molecular complexity index is 1620. The second-order valence-corrected chi connectivity index (χ2v) is 16.4. The summed E-state index contributed by atoms with van der Waals surface area (Å²) in [6.07, 6.45) is 8.34. The summed E-state index contributed by atoms with van der Waals surface area (Å²) >= 11 is 12.7. The second-order valence-electron chi connectivity index (χ2n) is 13.0. The quantitative estimate of drug-likeness (QED) is 0.279. The average molecular weight is 718 g/mol. The van der Waals surface area contributed by atoms with E-state index in [1.165, 1.54) is 6.26 Å². The topological polar surface area (TPSA) is 124 Å². The minimum Gasteiger partial charge on any atom is -0.341 e. The fraction of sp³-hybridized carbons (Fsp3) is 0.529. The first-order chi connectivity index (χ1) is 22.9. The van der Waals surface area contributed by atoms with Crippen LogP contribution in [0.3, 0.4) is 0 Å². The van der Waals surface area contributed by atoms with Crippen molar-refractivity contribution in [3.05, 3.63) is 69.6 Å². The Balaban J connectivity index is 1.23. The third-order valence-corrected chi connectivity index (χ3v) is 11.4. The molecule has 2 saturated heterocycles. The van der Waals surface area contributed by atoms with Gasteiger partial charge in [-0.25, -0.2) is 23.2 Å². The van der Waals surface area contributed by atoms with Crippen molar-refractivity contribution in [3.8, 4) is 11.3 Å². The van der Waals surface area contributed by atoms with E-state index in [0.717, 1.165) is 93.3 Å². The Morgan fingerprint density at radius 2 is 1.60 bits per heavy atom. The number of piperazine rings is 1. The number of nitrogens with one attached hydrogen (secondary N) is 2. The van der Waals surface area contributed by atoms with Gasteiger partial charge in [0.05, 0.1) is 10.9 Å². The maximum Gasteiger partial charge on any atom is 0.314 e. The highest BCUT2D eigenvalue weighted by molar-refractivity contribution is 7.91. The molecule has 3 aromatic rings. The summed E-state index contributed by atoms with van der Waals surface area (Å²) in [5, 5.41) is 6.35. The number of piperidine rings is 1. The number of hydrogen-bond donors (Lipinski definition) is 2. The van der Waals surface area contributed by atoms with Gasteiger partial charge in [-0.15, -0.1) is 0 Å². The fourth-order valence-corrected chi connectivity index (χ4v) is 7.24. The molecule has 260 valence electrons. The standard InChI is InChI=1S/C34H46Cl2N8O3S/c1-24(48(3,46)47)4-7-42-10-12-44(13-11-42)33-38-21-27(22-39-33)15-31-14-26(16-32(41-31)28-17-29(35)19-30(36)18-28)23-43-8-5-25(6-9-43)20-40-34(45)37-2/h14,16-19,21-22,24-25H,4-13,15,20,23H2,1-3H3,(H2,37,40,45). The minimum absolute atomic E-state index is 0.135. The van der Waals surface area contributed by atoms with Crippen molar-refractivity contribution >= 4 is 45.0 Å². The van der Waals surface area contributed by atoms with Gasteiger partial charge in [0.25, 0.3) is 0 Å². The number of halogens is 2. The molecule has 2 fully saturated rings. The van der Waals surface area contributed by atoms with E-state index in [9.17, 15) is 13.2 Å². The number of carbonyl (C=O) groups excluding carboxylic acids is 1. The largest absolute Gasteiger partial charge is 0.341 e. The molecule has 0 aliphatic carbocycles. The van der Waals surface area contributed by atoms with Gasteiger partial charge in [0.15, 0.2) is 0 Å². The number of rotatable bonds is 12. The van der Waals surface area contributed by atoms with Crippen LogP contribution in [0.15, 0.2) is 42.7 Å². The van der Waals surface area contributed by atoms with Gasteiger partial charge in [-0.3, -0.25) is 14.8 Å². The van der Waals surface area contributed by atoms with Crippen molar-refractivity contribution < 1.29 is 13.2 Å². The molecule has 1 aromatic carbocycles. The number of benzene rings is 1. The van der Waals surface area contributed by atoms with Crippen LogP contribution in [0.4, 0.5) is 10.7 Å². The number of amides is 2. The van der Waals surface area contributed by atoms with Crippen molar-refractivity contribution in [2.24, 2.45) is 5.92 Å². The molecule has 1 atom stereocenters. The molecular formula is C34H46Cl2N8O3S. The third-order valence-electron chi connectivity index (χ3n) is 9.30. The molecule has 0 spiro atoms. The molecule has 1 unspecified atom stereocenters. The maximum atomic E-state index is 11.8. The molecule has 48 heavy (non-hydrogen) atoms. The Kier molecular flexibility index (Phi) is 12.5. The highest BCUT2D eigenvalue weighted by Crippen LogP contribution is 2.28. The summed E-state index contributed by atoms with van der Waals surface area (Å²) in [6, 6.07) is 9.64. The summed E-state index contributed by atoms with van der Waals surface area (Å²) in [4.78, 5) is 33.0. The first-order valence-corrected chi connectivity index (χ1v) is 19.3. The highest BCUT2D eigenvalue weighted by atomic mass is 35.5. The third kappa shape index (κ3) is 10.5. The second kappa shape index (κ2) is 16.6. The zero-order valence-electron chi connectivity index (χ0n) is 28.0. The first-order valence-electron chi connectivity index (χ1n) is 16.6. The van der Waals surface area contributed by atoms with Gasteiger partial charge in [-0.05, 0) is 93.2 Å². The van der Waals surface area contributed by atoms with Crippen LogP contribution < -0.4 is 15.5 Å². The number of nitrogens with zero attached hydrogens (tertiary/aromatic N) is 6. The van der Waals surface area contributed by atoms with Crippen molar-refractivity contribution in [1.82, 2.24) is 35.4 Å². The molecule has 5 rings (SSSR count). The predicted octanol–water partition coefficient (Wildman–Crippen LogP) is 4.52. The Labute approximate surface area is 294 Å². The Morgan fingerprint density at radius 3 is 2.23 bits per heavy atom. The van der Waals surface area contributed by atoms with E-state index in [2.05, 4.69) is 37.5 Å². The predicted molar refractivity (Wildman–Crippen MR) is 193 cm³/mol. The van der Waals surface area contributed by atoms with Crippen LogP contribution >= 0.6 is 23.2 Å². The average Bonchev–Trinajstić information content (AvgIpc) is 3.06. The molecule has 11 nitrogen and oxygen atoms in total. The summed E-state index contributed by atoms with van der Waals surface area (Å²) in [7, 11) is -1.37. The van der Waals surface area contributed by atoms with Crippen LogP contribution in [0.25, 0.3) is 11.3 Å². The van der Waals surface area contributed by atoms with Gasteiger partial charge in [-0.1, -0.05) is 23.2 Å². The van der Waals surface area contributed by atoms with Crippen LogP contribution in [-0.2, 0) is 22.8 Å². The van der Waals surface area contributed by atoms with E-state index < -0.39 is 9.84 Å². The van der Waals surface area contributed by atoms with Gasteiger partial charge < -0.3 is 15.5 Å². The summed E-state index contributed by atoms with van der Waals surface area (Å²) in [6.45, 7) is 9.23. The number of urea groups is 1. The van der Waals surface area contributed by atoms with E-state index in [1.807, 2.05) is 24.5 Å². The molecule has 2 aromatic heterocycles. The lowest BCUT2D eigenvalue weighted by Crippen LogP contribution is -2.47. The number of sulfone groups is 1. The number of likely N-dealkylation sites (tertiary alicyclic amines) is 1. The van der Waals surface area contributed by atoms with Gasteiger partial charge in [0.1, 0.15) is 9.84 Å². The summed E-state index contributed by atoms with van der Waals surface area (Å²) in [5.41, 5.74) is 4.73. The smallest absolute Gasteiger partial charge is 0.314 e. The van der Waals surface area contributed by atoms with Gasteiger partial charge in [-0.2, -0.15) is 0 Å². The molecule has 4 heterocycles. The molecule has 14 heteroatoms. The normalized spacial score (nSPS) is 17.3. The van der Waals surface area contributed by atoms with Crippen LogP contribution in [-0.4, -0.2) is 110 Å². The van der Waals surface area contributed by atoms with Crippen LogP contribution in [0, 0.1) is 5.92 Å².